The fraction of sp³-hybridized carbons (Fsp3) is 0.0435. The van der Waals surface area contributed by atoms with Crippen molar-refractivity contribution < 1.29 is 18.8 Å². The van der Waals surface area contributed by atoms with Crippen LogP contribution >= 0.6 is 11.8 Å². The molecule has 0 saturated carbocycles. The lowest BCUT2D eigenvalue weighted by Gasteiger charge is -2.06. The second-order valence-corrected chi connectivity index (χ2v) is 7.77. The van der Waals surface area contributed by atoms with E-state index in [0.717, 1.165) is 11.1 Å². The Morgan fingerprint density at radius 3 is 2.38 bits per heavy atom. The Morgan fingerprint density at radius 2 is 1.72 bits per heavy atom. The number of nitro benzene ring substituents is 1. The average Bonchev–Trinajstić information content (AvgIpc) is 3.13. The van der Waals surface area contributed by atoms with Gasteiger partial charge >= 0.3 is 0 Å². The number of carbonyl (C=O) groups is 1. The van der Waals surface area contributed by atoms with Crippen molar-refractivity contribution in [1.29, 1.82) is 0 Å². The van der Waals surface area contributed by atoms with Crippen molar-refractivity contribution in [3.63, 3.8) is 0 Å². The minimum Gasteiger partial charge on any atom is -0.489 e. The third-order valence-electron chi connectivity index (χ3n) is 4.44. The largest absolute Gasteiger partial charge is 0.489 e. The molecule has 1 aliphatic heterocycles. The number of amidine groups is 1. The van der Waals surface area contributed by atoms with Gasteiger partial charge in [0.05, 0.1) is 15.5 Å². The number of amides is 1. The van der Waals surface area contributed by atoms with Crippen molar-refractivity contribution in [2.75, 3.05) is 0 Å². The molecular weight excluding hydrogens is 433 g/mol. The van der Waals surface area contributed by atoms with Gasteiger partial charge in [-0.25, -0.2) is 9.38 Å². The molecule has 9 heteroatoms. The lowest BCUT2D eigenvalue weighted by molar-refractivity contribution is -0.384. The van der Waals surface area contributed by atoms with Gasteiger partial charge in [-0.1, -0.05) is 12.1 Å². The predicted octanol–water partition coefficient (Wildman–Crippen LogP) is 5.20. The van der Waals surface area contributed by atoms with Gasteiger partial charge in [0.2, 0.25) is 0 Å². The van der Waals surface area contributed by atoms with E-state index in [1.807, 2.05) is 12.1 Å². The van der Waals surface area contributed by atoms with Crippen LogP contribution in [-0.2, 0) is 11.4 Å². The molecule has 7 nitrogen and oxygen atoms in total. The van der Waals surface area contributed by atoms with Crippen molar-refractivity contribution >= 4 is 40.3 Å². The Kier molecular flexibility index (Phi) is 6.27. The summed E-state index contributed by atoms with van der Waals surface area (Å²) in [6.07, 6.45) is 1.74. The average molecular weight is 449 g/mol. The molecule has 0 bridgehead atoms. The minimum atomic E-state index is -0.446. The standard InChI is InChI=1S/C23H16FN3O4S/c24-17-5-7-18(8-6-17)25-23-26-22(28)21(32-23)13-15-3-11-20(12-4-15)31-14-16-1-9-19(10-2-16)27(29)30/h1-13H,14H2,(H,25,26,28)/b21-13+. The number of hydrogen-bond acceptors (Lipinski definition) is 6. The number of hydrogen-bond donors (Lipinski definition) is 1. The number of aliphatic imine (C=N–C) groups is 1. The number of nitrogens with one attached hydrogen (secondary N) is 1. The number of nitro groups is 1. The molecule has 1 aliphatic rings. The highest BCUT2D eigenvalue weighted by Crippen LogP contribution is 2.28. The Morgan fingerprint density at radius 1 is 1.03 bits per heavy atom. The van der Waals surface area contributed by atoms with E-state index in [0.29, 0.717) is 21.5 Å². The topological polar surface area (TPSA) is 93.8 Å². The van der Waals surface area contributed by atoms with Crippen LogP contribution in [0.4, 0.5) is 15.8 Å². The lowest BCUT2D eigenvalue weighted by Crippen LogP contribution is -2.19. The van der Waals surface area contributed by atoms with E-state index in [1.54, 1.807) is 30.3 Å². The summed E-state index contributed by atoms with van der Waals surface area (Å²) in [4.78, 5) is 27.3. The van der Waals surface area contributed by atoms with Crippen molar-refractivity contribution in [2.45, 2.75) is 6.61 Å². The summed E-state index contributed by atoms with van der Waals surface area (Å²) in [7, 11) is 0. The molecule has 1 saturated heterocycles. The number of ether oxygens (including phenoxy) is 1. The van der Waals surface area contributed by atoms with Crippen molar-refractivity contribution in [3.8, 4) is 5.75 Å². The van der Waals surface area contributed by atoms with E-state index < -0.39 is 4.92 Å². The highest BCUT2D eigenvalue weighted by molar-refractivity contribution is 8.18. The minimum absolute atomic E-state index is 0.0332. The summed E-state index contributed by atoms with van der Waals surface area (Å²) >= 11 is 1.21. The maximum atomic E-state index is 13.0. The summed E-state index contributed by atoms with van der Waals surface area (Å²) in [5.41, 5.74) is 2.21. The molecule has 0 atom stereocenters. The van der Waals surface area contributed by atoms with Gasteiger partial charge in [0.25, 0.3) is 11.6 Å². The zero-order valence-electron chi connectivity index (χ0n) is 16.5. The van der Waals surface area contributed by atoms with Gasteiger partial charge in [-0.15, -0.1) is 0 Å². The quantitative estimate of drug-likeness (QED) is 0.317. The van der Waals surface area contributed by atoms with Crippen LogP contribution in [-0.4, -0.2) is 16.0 Å². The van der Waals surface area contributed by atoms with Crippen molar-refractivity contribution in [1.82, 2.24) is 5.32 Å². The van der Waals surface area contributed by atoms with Crippen molar-refractivity contribution in [3.05, 3.63) is 105 Å². The van der Waals surface area contributed by atoms with E-state index in [2.05, 4.69) is 10.3 Å². The Hall–Kier alpha value is -3.98. The summed E-state index contributed by atoms with van der Waals surface area (Å²) < 4.78 is 18.7. The Balaban J connectivity index is 1.37. The van der Waals surface area contributed by atoms with E-state index in [1.165, 1.54) is 48.2 Å². The maximum Gasteiger partial charge on any atom is 0.269 e. The van der Waals surface area contributed by atoms with Crippen LogP contribution in [0.2, 0.25) is 0 Å². The van der Waals surface area contributed by atoms with Crippen LogP contribution < -0.4 is 10.1 Å². The van der Waals surface area contributed by atoms with Gasteiger partial charge in [0.15, 0.2) is 5.17 Å². The van der Waals surface area contributed by atoms with Crippen LogP contribution in [0.3, 0.4) is 0 Å². The van der Waals surface area contributed by atoms with Gasteiger partial charge in [-0.3, -0.25) is 14.9 Å². The van der Waals surface area contributed by atoms with Gasteiger partial charge in [0.1, 0.15) is 18.2 Å². The number of benzene rings is 3. The molecule has 1 N–H and O–H groups in total. The normalized spacial score (nSPS) is 15.7. The van der Waals surface area contributed by atoms with Crippen LogP contribution in [0.15, 0.2) is 82.7 Å². The summed E-state index contributed by atoms with van der Waals surface area (Å²) in [5, 5.41) is 13.8. The molecule has 3 aromatic rings. The van der Waals surface area contributed by atoms with Crippen LogP contribution in [0, 0.1) is 15.9 Å². The molecule has 0 unspecified atom stereocenters. The molecule has 0 radical (unpaired) electrons. The SMILES string of the molecule is O=C1NC(=Nc2ccc(F)cc2)S/C1=C/c1ccc(OCc2ccc([N+](=O)[O-])cc2)cc1. The number of nitrogens with zero attached hydrogens (tertiary/aromatic N) is 2. The van der Waals surface area contributed by atoms with E-state index in [4.69, 9.17) is 4.74 Å². The van der Waals surface area contributed by atoms with E-state index >= 15 is 0 Å². The van der Waals surface area contributed by atoms with Gasteiger partial charge in [0, 0.05) is 12.1 Å². The smallest absolute Gasteiger partial charge is 0.269 e. The zero-order valence-corrected chi connectivity index (χ0v) is 17.3. The second-order valence-electron chi connectivity index (χ2n) is 6.74. The van der Waals surface area contributed by atoms with Gasteiger partial charge in [-0.05, 0) is 77.5 Å². The van der Waals surface area contributed by atoms with E-state index in [9.17, 15) is 19.3 Å². The summed E-state index contributed by atoms with van der Waals surface area (Å²) in [6, 6.07) is 19.1. The molecular formula is C23H16FN3O4S. The molecule has 1 fully saturated rings. The van der Waals surface area contributed by atoms with Crippen LogP contribution in [0.5, 0.6) is 5.75 Å². The molecule has 160 valence electrons. The van der Waals surface area contributed by atoms with Crippen molar-refractivity contribution in [2.24, 2.45) is 4.99 Å². The van der Waals surface area contributed by atoms with Crippen LogP contribution in [0.1, 0.15) is 11.1 Å². The highest BCUT2D eigenvalue weighted by atomic mass is 32.2. The second kappa shape index (κ2) is 9.44. The van der Waals surface area contributed by atoms with E-state index in [-0.39, 0.29) is 24.0 Å². The maximum absolute atomic E-state index is 13.0. The highest BCUT2D eigenvalue weighted by Gasteiger charge is 2.23. The molecule has 0 aromatic heterocycles. The van der Waals surface area contributed by atoms with Crippen LogP contribution in [0.25, 0.3) is 6.08 Å². The first-order chi connectivity index (χ1) is 15.5. The number of thioether (sulfide) groups is 1. The zero-order chi connectivity index (χ0) is 22.5. The molecule has 0 aliphatic carbocycles. The third-order valence-corrected chi connectivity index (χ3v) is 5.35. The molecule has 1 heterocycles. The fourth-order valence-corrected chi connectivity index (χ4v) is 3.65. The number of rotatable bonds is 6. The number of carbonyl (C=O) groups excluding carboxylic acids is 1. The third kappa shape index (κ3) is 5.38. The summed E-state index contributed by atoms with van der Waals surface area (Å²) in [6.45, 7) is 0.278. The predicted molar refractivity (Wildman–Crippen MR) is 121 cm³/mol. The fourth-order valence-electron chi connectivity index (χ4n) is 2.81. The number of halogens is 1. The first-order valence-electron chi connectivity index (χ1n) is 9.48. The number of non-ortho nitro benzene ring substituents is 1. The Bertz CT molecular complexity index is 1210. The molecule has 0 spiro atoms. The monoisotopic (exact) mass is 449 g/mol. The first-order valence-corrected chi connectivity index (χ1v) is 10.3. The molecule has 4 rings (SSSR count). The first kappa shape index (κ1) is 21.3. The molecule has 3 aromatic carbocycles. The van der Waals surface area contributed by atoms with Gasteiger partial charge in [-0.2, -0.15) is 0 Å². The molecule has 1 amide bonds. The summed E-state index contributed by atoms with van der Waals surface area (Å²) in [5.74, 6) is 0.0276. The Labute approximate surface area is 186 Å². The molecule has 32 heavy (non-hydrogen) atoms. The lowest BCUT2D eigenvalue weighted by atomic mass is 10.2. The van der Waals surface area contributed by atoms with Gasteiger partial charge < -0.3 is 10.1 Å².